The molecule has 0 aliphatic rings. The Hall–Kier alpha value is -3.49. The highest BCUT2D eigenvalue weighted by Gasteiger charge is 2.31. The maximum atomic E-state index is 12.8. The van der Waals surface area contributed by atoms with Gasteiger partial charge in [0.15, 0.2) is 12.1 Å². The van der Waals surface area contributed by atoms with Gasteiger partial charge in [-0.3, -0.25) is 9.59 Å². The van der Waals surface area contributed by atoms with E-state index in [9.17, 15) is 19.5 Å². The van der Waals surface area contributed by atoms with Gasteiger partial charge in [0.05, 0.1) is 34.4 Å². The van der Waals surface area contributed by atoms with Gasteiger partial charge in [0.1, 0.15) is 6.61 Å². The number of hydrogen-bond donors (Lipinski definition) is 1. The molecular formula is C53H90NO7+. The Morgan fingerprint density at radius 1 is 0.508 bits per heavy atom. The molecule has 0 fully saturated rings. The minimum absolute atomic E-state index is 0.0434. The highest BCUT2D eigenvalue weighted by Crippen LogP contribution is 2.13. The summed E-state index contributed by atoms with van der Waals surface area (Å²) in [7, 11) is 5.51. The van der Waals surface area contributed by atoms with E-state index in [1.807, 2.05) is 21.1 Å². The first-order valence-electron chi connectivity index (χ1n) is 24.1. The molecule has 0 radical (unpaired) electrons. The lowest BCUT2D eigenvalue weighted by molar-refractivity contribution is -0.887. The van der Waals surface area contributed by atoms with E-state index in [-0.39, 0.29) is 36.2 Å². The van der Waals surface area contributed by atoms with Crippen molar-refractivity contribution in [3.63, 3.8) is 0 Å². The number of carboxylic acid groups (broad SMARTS) is 1. The number of quaternary nitrogens is 1. The molecule has 0 amide bonds. The zero-order valence-corrected chi connectivity index (χ0v) is 39.6. The molecule has 0 spiro atoms. The van der Waals surface area contributed by atoms with Crippen LogP contribution in [0.5, 0.6) is 0 Å². The molecule has 2 atom stereocenters. The van der Waals surface area contributed by atoms with Gasteiger partial charge in [0.2, 0.25) is 0 Å². The molecule has 0 aromatic heterocycles. The van der Waals surface area contributed by atoms with E-state index < -0.39 is 18.1 Å². The summed E-state index contributed by atoms with van der Waals surface area (Å²) in [5.74, 6) is -1.52. The predicted molar refractivity (Wildman–Crippen MR) is 256 cm³/mol. The molecule has 0 aromatic carbocycles. The zero-order chi connectivity index (χ0) is 44.9. The Morgan fingerprint density at radius 3 is 1.36 bits per heavy atom. The largest absolute Gasteiger partial charge is 0.477 e. The van der Waals surface area contributed by atoms with Gasteiger partial charge in [0, 0.05) is 19.3 Å². The van der Waals surface area contributed by atoms with E-state index in [1.54, 1.807) is 0 Å². The van der Waals surface area contributed by atoms with Crippen LogP contribution in [0.25, 0.3) is 0 Å². The van der Waals surface area contributed by atoms with Crippen LogP contribution in [0.4, 0.5) is 0 Å². The van der Waals surface area contributed by atoms with Crippen molar-refractivity contribution < 1.29 is 38.2 Å². The maximum absolute atomic E-state index is 12.8. The highest BCUT2D eigenvalue weighted by atomic mass is 16.6. The molecule has 8 heteroatoms. The fraction of sp³-hybridized carbons (Fsp3) is 0.679. The predicted octanol–water partition coefficient (Wildman–Crippen LogP) is 13.7. The van der Waals surface area contributed by atoms with E-state index in [0.717, 1.165) is 96.3 Å². The van der Waals surface area contributed by atoms with Gasteiger partial charge in [-0.15, -0.1) is 0 Å². The lowest BCUT2D eigenvalue weighted by atomic mass is 10.1. The standard InChI is InChI=1S/C53H89NO7/c1-6-8-10-12-14-16-18-20-22-24-25-26-28-30-32-34-36-38-40-42-44-52(56)61-49(47-59-46-45-50(53(57)58)54(3,4)5)48-60-51(55)43-41-39-37-35-33-31-29-27-23-21-19-17-15-13-11-9-7-2/h8,10,14-17,20-23,25-26,30,32,49-50H,6-7,9,11-13,18-19,24,27-29,31,33-48H2,1-5H3/p+1/b10-8+,16-14+,17-15+,22-20+,23-21+,26-25+,32-30+. The van der Waals surface area contributed by atoms with Crippen LogP contribution in [0.3, 0.4) is 0 Å². The smallest absolute Gasteiger partial charge is 0.362 e. The molecule has 2 unspecified atom stereocenters. The van der Waals surface area contributed by atoms with Crippen molar-refractivity contribution in [1.82, 2.24) is 0 Å². The second-order valence-corrected chi connectivity index (χ2v) is 17.0. The summed E-state index contributed by atoms with van der Waals surface area (Å²) >= 11 is 0. The lowest BCUT2D eigenvalue weighted by Crippen LogP contribution is -2.50. The monoisotopic (exact) mass is 853 g/mol. The lowest BCUT2D eigenvalue weighted by Gasteiger charge is -2.31. The fourth-order valence-electron chi connectivity index (χ4n) is 6.56. The van der Waals surface area contributed by atoms with Crippen LogP contribution in [-0.2, 0) is 28.6 Å². The number of carbonyl (C=O) groups is 3. The minimum Gasteiger partial charge on any atom is -0.477 e. The van der Waals surface area contributed by atoms with Crippen molar-refractivity contribution in [3.8, 4) is 0 Å². The molecule has 61 heavy (non-hydrogen) atoms. The molecule has 0 saturated heterocycles. The summed E-state index contributed by atoms with van der Waals surface area (Å²) in [6.07, 6.45) is 56.2. The Labute approximate surface area is 373 Å². The molecule has 0 aliphatic heterocycles. The van der Waals surface area contributed by atoms with Crippen LogP contribution in [0.1, 0.15) is 181 Å². The van der Waals surface area contributed by atoms with Gasteiger partial charge >= 0.3 is 17.9 Å². The normalized spacial score (nSPS) is 13.7. The molecular weight excluding hydrogens is 763 g/mol. The van der Waals surface area contributed by atoms with Gasteiger partial charge in [-0.05, 0) is 89.9 Å². The fourth-order valence-corrected chi connectivity index (χ4v) is 6.56. The van der Waals surface area contributed by atoms with E-state index in [4.69, 9.17) is 14.2 Å². The van der Waals surface area contributed by atoms with Gasteiger partial charge < -0.3 is 23.8 Å². The summed E-state index contributed by atoms with van der Waals surface area (Å²) in [5.41, 5.74) is 0. The van der Waals surface area contributed by atoms with Crippen molar-refractivity contribution in [2.24, 2.45) is 0 Å². The quantitative estimate of drug-likeness (QED) is 0.0283. The molecule has 348 valence electrons. The third-order valence-electron chi connectivity index (χ3n) is 10.3. The van der Waals surface area contributed by atoms with Crippen LogP contribution < -0.4 is 0 Å². The summed E-state index contributed by atoms with van der Waals surface area (Å²) in [4.78, 5) is 37.1. The molecule has 0 rings (SSSR count). The van der Waals surface area contributed by atoms with Crippen molar-refractivity contribution in [2.45, 2.75) is 193 Å². The van der Waals surface area contributed by atoms with Gasteiger partial charge in [0.25, 0.3) is 0 Å². The van der Waals surface area contributed by atoms with Crippen molar-refractivity contribution in [3.05, 3.63) is 85.1 Å². The van der Waals surface area contributed by atoms with E-state index in [1.165, 1.54) is 51.4 Å². The van der Waals surface area contributed by atoms with E-state index in [2.05, 4.69) is 98.9 Å². The molecule has 0 heterocycles. The van der Waals surface area contributed by atoms with Crippen LogP contribution in [-0.4, -0.2) is 80.6 Å². The zero-order valence-electron chi connectivity index (χ0n) is 39.6. The first-order valence-corrected chi connectivity index (χ1v) is 24.1. The van der Waals surface area contributed by atoms with Crippen LogP contribution in [0.15, 0.2) is 85.1 Å². The minimum atomic E-state index is -0.884. The van der Waals surface area contributed by atoms with Crippen molar-refractivity contribution in [1.29, 1.82) is 0 Å². The second kappa shape index (κ2) is 43.2. The average Bonchev–Trinajstić information content (AvgIpc) is 3.22. The number of esters is 2. The van der Waals surface area contributed by atoms with E-state index >= 15 is 0 Å². The first kappa shape index (κ1) is 57.5. The number of rotatable bonds is 42. The van der Waals surface area contributed by atoms with Crippen molar-refractivity contribution >= 4 is 17.9 Å². The third-order valence-corrected chi connectivity index (χ3v) is 10.3. The summed E-state index contributed by atoms with van der Waals surface area (Å²) in [5, 5.41) is 9.64. The maximum Gasteiger partial charge on any atom is 0.362 e. The Morgan fingerprint density at radius 2 is 0.918 bits per heavy atom. The average molecular weight is 853 g/mol. The molecule has 0 saturated carbocycles. The Balaban J connectivity index is 4.38. The number of hydrogen-bond acceptors (Lipinski definition) is 6. The number of allylic oxidation sites excluding steroid dienone is 14. The topological polar surface area (TPSA) is 99.1 Å². The van der Waals surface area contributed by atoms with Gasteiger partial charge in [-0.25, -0.2) is 4.79 Å². The third kappa shape index (κ3) is 41.6. The number of likely N-dealkylation sites (N-methyl/N-ethyl adjacent to an activating group) is 1. The number of nitrogens with zero attached hydrogens (tertiary/aromatic N) is 1. The number of carbonyl (C=O) groups excluding carboxylic acids is 2. The van der Waals surface area contributed by atoms with Crippen LogP contribution in [0.2, 0.25) is 0 Å². The van der Waals surface area contributed by atoms with Crippen LogP contribution in [0, 0.1) is 0 Å². The van der Waals surface area contributed by atoms with Gasteiger partial charge in [-0.2, -0.15) is 0 Å². The summed E-state index contributed by atoms with van der Waals surface area (Å²) in [6, 6.07) is -0.626. The molecule has 1 N–H and O–H groups in total. The SMILES string of the molecule is CC/C=C/C/C=C/C/C=C/C/C=C/C/C=C/CCCCCCC(=O)OC(COCCC(C(=O)O)[N+](C)(C)C)COC(=O)CCCCCCCCC/C=C/C/C=C/CCCCC. The summed E-state index contributed by atoms with van der Waals surface area (Å²) in [6.45, 7) is 4.55. The Kier molecular flexibility index (Phi) is 40.7. The number of aliphatic carboxylic acids is 1. The number of carboxylic acids is 1. The van der Waals surface area contributed by atoms with Crippen LogP contribution >= 0.6 is 0 Å². The second-order valence-electron chi connectivity index (χ2n) is 17.0. The molecule has 8 nitrogen and oxygen atoms in total. The number of unbranched alkanes of at least 4 members (excludes halogenated alkanes) is 14. The molecule has 0 aromatic rings. The van der Waals surface area contributed by atoms with Crippen molar-refractivity contribution in [2.75, 3.05) is 41.0 Å². The summed E-state index contributed by atoms with van der Waals surface area (Å²) < 4.78 is 17.3. The highest BCUT2D eigenvalue weighted by molar-refractivity contribution is 5.72. The molecule has 0 bridgehead atoms. The van der Waals surface area contributed by atoms with Gasteiger partial charge in [-0.1, -0.05) is 157 Å². The molecule has 0 aliphatic carbocycles. The van der Waals surface area contributed by atoms with E-state index in [0.29, 0.717) is 19.3 Å². The first-order chi connectivity index (χ1) is 29.6. The number of ether oxygens (including phenoxy) is 3. The Bertz CT molecular complexity index is 1270.